The molecular formula is C13H8N4O6. The molecule has 23 heavy (non-hydrogen) atoms. The monoisotopic (exact) mass is 316 g/mol. The van der Waals surface area contributed by atoms with E-state index in [-0.39, 0.29) is 23.1 Å². The van der Waals surface area contributed by atoms with E-state index in [1.54, 1.807) is 6.07 Å². The Hall–Kier alpha value is -3.74. The predicted octanol–water partition coefficient (Wildman–Crippen LogP) is 2.57. The Morgan fingerprint density at radius 1 is 1.13 bits per heavy atom. The van der Waals surface area contributed by atoms with Crippen molar-refractivity contribution in [2.45, 2.75) is 0 Å². The average molecular weight is 316 g/mol. The van der Waals surface area contributed by atoms with E-state index >= 15 is 0 Å². The van der Waals surface area contributed by atoms with E-state index < -0.39 is 21.2 Å². The molecule has 2 rings (SSSR count). The summed E-state index contributed by atoms with van der Waals surface area (Å²) in [5, 5.41) is 30.7. The highest BCUT2D eigenvalue weighted by Crippen LogP contribution is 2.34. The van der Waals surface area contributed by atoms with E-state index in [0.29, 0.717) is 0 Å². The molecular weight excluding hydrogens is 308 g/mol. The van der Waals surface area contributed by atoms with Gasteiger partial charge in [-0.05, 0) is 12.1 Å². The van der Waals surface area contributed by atoms with E-state index in [4.69, 9.17) is 14.7 Å². The van der Waals surface area contributed by atoms with Gasteiger partial charge < -0.3 is 9.47 Å². The van der Waals surface area contributed by atoms with Crippen LogP contribution in [0.3, 0.4) is 0 Å². The third-order valence-corrected chi connectivity index (χ3v) is 2.73. The standard InChI is InChI=1S/C13H8N4O6/c1-22-8-2-4-12(11(6-8)17(20)21)23-13-5-3-10(16(18)19)9(7-14)15-13/h2-6H,1H3. The lowest BCUT2D eigenvalue weighted by Gasteiger charge is -2.07. The number of nitro benzene ring substituents is 1. The number of rotatable bonds is 5. The Labute approximate surface area is 128 Å². The summed E-state index contributed by atoms with van der Waals surface area (Å²) in [5.74, 6) is -0.0557. The third kappa shape index (κ3) is 3.30. The molecule has 0 N–H and O–H groups in total. The van der Waals surface area contributed by atoms with Gasteiger partial charge in [-0.25, -0.2) is 0 Å². The second-order valence-electron chi connectivity index (χ2n) is 4.08. The number of hydrogen-bond acceptors (Lipinski definition) is 8. The molecule has 1 heterocycles. The maximum Gasteiger partial charge on any atom is 0.315 e. The van der Waals surface area contributed by atoms with Crippen LogP contribution in [0.15, 0.2) is 30.3 Å². The molecule has 0 aliphatic heterocycles. The van der Waals surface area contributed by atoms with Gasteiger partial charge in [-0.2, -0.15) is 10.2 Å². The number of ether oxygens (including phenoxy) is 2. The normalized spacial score (nSPS) is 9.74. The maximum absolute atomic E-state index is 11.1. The number of aromatic nitrogens is 1. The first-order chi connectivity index (χ1) is 11.0. The summed E-state index contributed by atoms with van der Waals surface area (Å²) in [5.41, 5.74) is -1.31. The summed E-state index contributed by atoms with van der Waals surface area (Å²) < 4.78 is 10.2. The van der Waals surface area contributed by atoms with Gasteiger partial charge in [-0.3, -0.25) is 20.2 Å². The molecule has 0 saturated heterocycles. The van der Waals surface area contributed by atoms with E-state index in [9.17, 15) is 20.2 Å². The zero-order valence-electron chi connectivity index (χ0n) is 11.6. The van der Waals surface area contributed by atoms with Gasteiger partial charge >= 0.3 is 11.4 Å². The number of hydrogen-bond donors (Lipinski definition) is 0. The summed E-state index contributed by atoms with van der Waals surface area (Å²) >= 11 is 0. The van der Waals surface area contributed by atoms with Gasteiger partial charge in [-0.1, -0.05) is 0 Å². The number of nitriles is 1. The first-order valence-electron chi connectivity index (χ1n) is 6.02. The Morgan fingerprint density at radius 3 is 2.39 bits per heavy atom. The molecule has 0 fully saturated rings. The molecule has 1 aromatic heterocycles. The van der Waals surface area contributed by atoms with E-state index in [2.05, 4.69) is 4.98 Å². The largest absolute Gasteiger partial charge is 0.496 e. The van der Waals surface area contributed by atoms with Crippen LogP contribution in [0.5, 0.6) is 17.4 Å². The van der Waals surface area contributed by atoms with Crippen molar-refractivity contribution in [3.8, 4) is 23.4 Å². The quantitative estimate of drug-likeness (QED) is 0.605. The van der Waals surface area contributed by atoms with Gasteiger partial charge in [0, 0.05) is 12.1 Å². The molecule has 0 aliphatic rings. The van der Waals surface area contributed by atoms with Crippen molar-refractivity contribution >= 4 is 11.4 Å². The van der Waals surface area contributed by atoms with Crippen LogP contribution in [0.2, 0.25) is 0 Å². The fraction of sp³-hybridized carbons (Fsp3) is 0.0769. The second-order valence-corrected chi connectivity index (χ2v) is 4.08. The third-order valence-electron chi connectivity index (χ3n) is 2.73. The van der Waals surface area contributed by atoms with Gasteiger partial charge in [-0.15, -0.1) is 0 Å². The van der Waals surface area contributed by atoms with Gasteiger partial charge in [0.25, 0.3) is 0 Å². The van der Waals surface area contributed by atoms with Gasteiger partial charge in [0.1, 0.15) is 11.8 Å². The van der Waals surface area contributed by atoms with Crippen LogP contribution in [0.25, 0.3) is 0 Å². The summed E-state index contributed by atoms with van der Waals surface area (Å²) in [4.78, 5) is 24.0. The van der Waals surface area contributed by atoms with Crippen LogP contribution in [0.4, 0.5) is 11.4 Å². The Balaban J connectivity index is 2.42. The van der Waals surface area contributed by atoms with Crippen molar-refractivity contribution in [1.82, 2.24) is 4.98 Å². The van der Waals surface area contributed by atoms with Crippen molar-refractivity contribution in [1.29, 1.82) is 5.26 Å². The van der Waals surface area contributed by atoms with Crippen molar-refractivity contribution in [3.63, 3.8) is 0 Å². The Bertz CT molecular complexity index is 830. The smallest absolute Gasteiger partial charge is 0.315 e. The molecule has 10 nitrogen and oxygen atoms in total. The Kier molecular flexibility index (Phi) is 4.32. The highest BCUT2D eigenvalue weighted by atomic mass is 16.6. The lowest BCUT2D eigenvalue weighted by molar-refractivity contribution is -0.385. The minimum absolute atomic E-state index is 0.138. The molecule has 0 saturated carbocycles. The number of methoxy groups -OCH3 is 1. The highest BCUT2D eigenvalue weighted by Gasteiger charge is 2.20. The van der Waals surface area contributed by atoms with Crippen molar-refractivity contribution < 1.29 is 19.3 Å². The zero-order valence-corrected chi connectivity index (χ0v) is 11.6. The lowest BCUT2D eigenvalue weighted by atomic mass is 10.2. The number of nitro groups is 2. The molecule has 0 radical (unpaired) electrons. The van der Waals surface area contributed by atoms with Crippen LogP contribution in [-0.4, -0.2) is 21.9 Å². The van der Waals surface area contributed by atoms with E-state index in [0.717, 1.165) is 18.2 Å². The van der Waals surface area contributed by atoms with E-state index in [1.807, 2.05) is 0 Å². The van der Waals surface area contributed by atoms with Gasteiger partial charge in [0.2, 0.25) is 17.3 Å². The molecule has 0 aliphatic carbocycles. The molecule has 0 unspecified atom stereocenters. The van der Waals surface area contributed by atoms with Crippen LogP contribution in [0.1, 0.15) is 5.69 Å². The fourth-order valence-electron chi connectivity index (χ4n) is 1.69. The molecule has 0 atom stereocenters. The number of pyridine rings is 1. The fourth-order valence-corrected chi connectivity index (χ4v) is 1.69. The van der Waals surface area contributed by atoms with Gasteiger partial charge in [0.05, 0.1) is 23.0 Å². The van der Waals surface area contributed by atoms with E-state index in [1.165, 1.54) is 19.2 Å². The van der Waals surface area contributed by atoms with Crippen molar-refractivity contribution in [2.75, 3.05) is 7.11 Å². The first kappa shape index (κ1) is 15.6. The van der Waals surface area contributed by atoms with Crippen LogP contribution < -0.4 is 9.47 Å². The second kappa shape index (κ2) is 6.35. The molecule has 10 heteroatoms. The zero-order chi connectivity index (χ0) is 17.0. The van der Waals surface area contributed by atoms with Crippen molar-refractivity contribution in [2.24, 2.45) is 0 Å². The SMILES string of the molecule is COc1ccc(Oc2ccc([N+](=O)[O-])c(C#N)n2)c([N+](=O)[O-])c1. The van der Waals surface area contributed by atoms with Crippen LogP contribution in [0, 0.1) is 31.6 Å². The molecule has 1 aromatic carbocycles. The molecule has 0 spiro atoms. The summed E-state index contributed by atoms with van der Waals surface area (Å²) in [6.45, 7) is 0. The summed E-state index contributed by atoms with van der Waals surface area (Å²) in [6, 6.07) is 7.66. The van der Waals surface area contributed by atoms with Gasteiger partial charge in [0.15, 0.2) is 0 Å². The summed E-state index contributed by atoms with van der Waals surface area (Å²) in [6.07, 6.45) is 0. The Morgan fingerprint density at radius 2 is 1.83 bits per heavy atom. The molecule has 116 valence electrons. The van der Waals surface area contributed by atoms with Crippen molar-refractivity contribution in [3.05, 3.63) is 56.3 Å². The minimum atomic E-state index is -0.759. The number of nitrogens with zero attached hydrogens (tertiary/aromatic N) is 4. The lowest BCUT2D eigenvalue weighted by Crippen LogP contribution is -1.99. The average Bonchev–Trinajstić information content (AvgIpc) is 2.54. The molecule has 2 aromatic rings. The summed E-state index contributed by atoms with van der Waals surface area (Å²) in [7, 11) is 1.36. The molecule has 0 amide bonds. The topological polar surface area (TPSA) is 141 Å². The maximum atomic E-state index is 11.1. The predicted molar refractivity (Wildman–Crippen MR) is 75.3 cm³/mol. The van der Waals surface area contributed by atoms with Crippen LogP contribution >= 0.6 is 0 Å². The highest BCUT2D eigenvalue weighted by molar-refractivity contribution is 5.53. The first-order valence-corrected chi connectivity index (χ1v) is 6.02. The number of benzene rings is 1. The minimum Gasteiger partial charge on any atom is -0.496 e. The molecule has 0 bridgehead atoms. The van der Waals surface area contributed by atoms with Crippen LogP contribution in [-0.2, 0) is 0 Å².